The Labute approximate surface area is 181 Å². The molecule has 1 N–H and O–H groups in total. The molecule has 0 bridgehead atoms. The van der Waals surface area contributed by atoms with Gasteiger partial charge in [-0.15, -0.1) is 0 Å². The lowest BCUT2D eigenvalue weighted by molar-refractivity contribution is -0.132. The van der Waals surface area contributed by atoms with E-state index in [1.807, 2.05) is 24.3 Å². The molecule has 1 aromatic heterocycles. The number of carboxylic acids is 1. The Morgan fingerprint density at radius 2 is 1.87 bits per heavy atom. The number of rotatable bonds is 8. The number of nitrogens with zero attached hydrogens (tertiary/aromatic N) is 1. The van der Waals surface area contributed by atoms with Crippen LogP contribution in [0.3, 0.4) is 0 Å². The lowest BCUT2D eigenvalue weighted by atomic mass is 10.0. The van der Waals surface area contributed by atoms with E-state index >= 15 is 0 Å². The van der Waals surface area contributed by atoms with Crippen molar-refractivity contribution in [1.29, 1.82) is 0 Å². The van der Waals surface area contributed by atoms with E-state index in [-0.39, 0.29) is 5.57 Å². The minimum Gasteiger partial charge on any atom is -0.496 e. The first-order valence-electron chi connectivity index (χ1n) is 10.2. The number of benzene rings is 2. The second kappa shape index (κ2) is 9.51. The van der Waals surface area contributed by atoms with Gasteiger partial charge in [-0.05, 0) is 60.4 Å². The van der Waals surface area contributed by atoms with Crippen molar-refractivity contribution in [3.8, 4) is 5.75 Å². The molecule has 6 heteroatoms. The van der Waals surface area contributed by atoms with Crippen molar-refractivity contribution in [3.63, 3.8) is 0 Å². The van der Waals surface area contributed by atoms with Gasteiger partial charge in [0.1, 0.15) is 5.75 Å². The number of carbonyl (C=O) groups excluding carboxylic acids is 1. The Kier molecular flexibility index (Phi) is 6.80. The van der Waals surface area contributed by atoms with Gasteiger partial charge in [0.25, 0.3) is 0 Å². The summed E-state index contributed by atoms with van der Waals surface area (Å²) in [7, 11) is 2.93. The molecule has 0 spiro atoms. The van der Waals surface area contributed by atoms with Gasteiger partial charge in [0.15, 0.2) is 0 Å². The summed E-state index contributed by atoms with van der Waals surface area (Å²) in [6, 6.07) is 11.3. The number of aryl methyl sites for hydroxylation is 1. The zero-order valence-corrected chi connectivity index (χ0v) is 18.3. The van der Waals surface area contributed by atoms with Gasteiger partial charge in [-0.25, -0.2) is 9.59 Å². The predicted octanol–water partition coefficient (Wildman–Crippen LogP) is 4.93. The molecule has 162 valence electrons. The van der Waals surface area contributed by atoms with E-state index < -0.39 is 11.9 Å². The maximum absolute atomic E-state index is 11.8. The van der Waals surface area contributed by atoms with Crippen LogP contribution >= 0.6 is 0 Å². The van der Waals surface area contributed by atoms with Gasteiger partial charge in [0.05, 0.1) is 19.8 Å². The smallest absolute Gasteiger partial charge is 0.337 e. The van der Waals surface area contributed by atoms with Crippen LogP contribution in [0.4, 0.5) is 0 Å². The highest BCUT2D eigenvalue weighted by atomic mass is 16.5. The second-order valence-electron chi connectivity index (χ2n) is 7.45. The summed E-state index contributed by atoms with van der Waals surface area (Å²) in [6.07, 6.45) is 5.43. The molecule has 31 heavy (non-hydrogen) atoms. The molecule has 1 heterocycles. The number of methoxy groups -OCH3 is 2. The van der Waals surface area contributed by atoms with Crippen LogP contribution in [0.5, 0.6) is 5.75 Å². The van der Waals surface area contributed by atoms with E-state index in [4.69, 9.17) is 9.47 Å². The molecule has 0 atom stereocenters. The lowest BCUT2D eigenvalue weighted by Gasteiger charge is -2.10. The minimum absolute atomic E-state index is 0.286. The van der Waals surface area contributed by atoms with Crippen LogP contribution < -0.4 is 4.74 Å². The molecule has 0 amide bonds. The van der Waals surface area contributed by atoms with Crippen molar-refractivity contribution >= 4 is 28.9 Å². The van der Waals surface area contributed by atoms with E-state index in [2.05, 4.69) is 17.7 Å². The summed E-state index contributed by atoms with van der Waals surface area (Å²) in [5, 5.41) is 10.3. The van der Waals surface area contributed by atoms with Crippen LogP contribution in [-0.2, 0) is 22.5 Å². The highest BCUT2D eigenvalue weighted by Crippen LogP contribution is 2.30. The topological polar surface area (TPSA) is 77.8 Å². The summed E-state index contributed by atoms with van der Waals surface area (Å²) >= 11 is 0. The number of hydrogen-bond acceptors (Lipinski definition) is 4. The highest BCUT2D eigenvalue weighted by Gasteiger charge is 2.15. The number of fused-ring (bicyclic) bond motifs is 1. The van der Waals surface area contributed by atoms with Crippen LogP contribution in [0.15, 0.2) is 48.2 Å². The first-order chi connectivity index (χ1) is 14.9. The SMILES string of the molecule is CCCn1cc(Cc2ccc(C(=O)OC)cc2OC)c2cc(/C=C(/C)C(=O)O)ccc21. The van der Waals surface area contributed by atoms with Gasteiger partial charge >= 0.3 is 11.9 Å². The van der Waals surface area contributed by atoms with Crippen molar-refractivity contribution < 1.29 is 24.2 Å². The Hall–Kier alpha value is -3.54. The van der Waals surface area contributed by atoms with Gasteiger partial charge in [0, 0.05) is 35.6 Å². The monoisotopic (exact) mass is 421 g/mol. The molecular weight excluding hydrogens is 394 g/mol. The van der Waals surface area contributed by atoms with E-state index in [0.29, 0.717) is 17.7 Å². The normalized spacial score (nSPS) is 11.5. The van der Waals surface area contributed by atoms with Crippen LogP contribution in [0, 0.1) is 0 Å². The van der Waals surface area contributed by atoms with Crippen LogP contribution in [0.25, 0.3) is 17.0 Å². The third kappa shape index (κ3) is 4.79. The summed E-state index contributed by atoms with van der Waals surface area (Å²) in [5.74, 6) is -0.717. The van der Waals surface area contributed by atoms with E-state index in [0.717, 1.165) is 40.6 Å². The zero-order chi connectivity index (χ0) is 22.5. The first kappa shape index (κ1) is 22.2. The summed E-state index contributed by atoms with van der Waals surface area (Å²) in [5.41, 5.74) is 4.73. The molecule has 3 rings (SSSR count). The highest BCUT2D eigenvalue weighted by molar-refractivity contribution is 5.93. The van der Waals surface area contributed by atoms with Crippen LogP contribution in [0.2, 0.25) is 0 Å². The van der Waals surface area contributed by atoms with Gasteiger partial charge in [0.2, 0.25) is 0 Å². The average Bonchev–Trinajstić information content (AvgIpc) is 3.10. The Morgan fingerprint density at radius 3 is 2.52 bits per heavy atom. The maximum Gasteiger partial charge on any atom is 0.337 e. The van der Waals surface area contributed by atoms with Gasteiger partial charge in [-0.2, -0.15) is 0 Å². The number of aliphatic carboxylic acids is 1. The molecule has 0 radical (unpaired) electrons. The summed E-state index contributed by atoms with van der Waals surface area (Å²) in [4.78, 5) is 23.1. The zero-order valence-electron chi connectivity index (χ0n) is 18.3. The standard InChI is InChI=1S/C25H27NO5/c1-5-10-26-15-20(13-18-7-8-19(25(29)31-4)14-23(18)30-3)21-12-17(6-9-22(21)26)11-16(2)24(27)28/h6-9,11-12,14-15H,5,10,13H2,1-4H3,(H,27,28)/b16-11-. The minimum atomic E-state index is -0.931. The Balaban J connectivity index is 2.07. The molecular formula is C25H27NO5. The first-order valence-corrected chi connectivity index (χ1v) is 10.2. The molecule has 0 saturated carbocycles. The van der Waals surface area contributed by atoms with Crippen LogP contribution in [-0.4, -0.2) is 35.8 Å². The third-order valence-corrected chi connectivity index (χ3v) is 5.26. The number of ether oxygens (including phenoxy) is 2. The number of carbonyl (C=O) groups is 2. The second-order valence-corrected chi connectivity index (χ2v) is 7.45. The van der Waals surface area contributed by atoms with E-state index in [9.17, 15) is 14.7 Å². The molecule has 6 nitrogen and oxygen atoms in total. The molecule has 0 saturated heterocycles. The van der Waals surface area contributed by atoms with Gasteiger partial charge < -0.3 is 19.1 Å². The molecule has 0 unspecified atom stereocenters. The molecule has 2 aromatic carbocycles. The van der Waals surface area contributed by atoms with Crippen molar-refractivity contribution in [1.82, 2.24) is 4.57 Å². The predicted molar refractivity (Wildman–Crippen MR) is 121 cm³/mol. The number of hydrogen-bond donors (Lipinski definition) is 1. The number of esters is 1. The maximum atomic E-state index is 11.8. The van der Waals surface area contributed by atoms with Crippen molar-refractivity contribution in [3.05, 3.63) is 70.4 Å². The molecule has 0 fully saturated rings. The molecule has 0 aliphatic rings. The quantitative estimate of drug-likeness (QED) is 0.412. The van der Waals surface area contributed by atoms with Crippen molar-refractivity contribution in [2.45, 2.75) is 33.2 Å². The fourth-order valence-corrected chi connectivity index (χ4v) is 3.70. The third-order valence-electron chi connectivity index (χ3n) is 5.26. The van der Waals surface area contributed by atoms with E-state index in [1.54, 1.807) is 32.2 Å². The largest absolute Gasteiger partial charge is 0.496 e. The summed E-state index contributed by atoms with van der Waals surface area (Å²) in [6.45, 7) is 4.61. The molecule has 0 aliphatic carbocycles. The number of aromatic nitrogens is 1. The fourth-order valence-electron chi connectivity index (χ4n) is 3.70. The van der Waals surface area contributed by atoms with Crippen molar-refractivity contribution in [2.75, 3.05) is 14.2 Å². The lowest BCUT2D eigenvalue weighted by Crippen LogP contribution is -2.03. The molecule has 3 aromatic rings. The van der Waals surface area contributed by atoms with Gasteiger partial charge in [-0.3, -0.25) is 0 Å². The van der Waals surface area contributed by atoms with E-state index in [1.165, 1.54) is 7.11 Å². The Morgan fingerprint density at radius 1 is 1.10 bits per heavy atom. The Bertz CT molecular complexity index is 1160. The van der Waals surface area contributed by atoms with Gasteiger partial charge in [-0.1, -0.05) is 19.1 Å². The fraction of sp³-hybridized carbons (Fsp3) is 0.280. The average molecular weight is 421 g/mol. The summed E-state index contributed by atoms with van der Waals surface area (Å²) < 4.78 is 12.6. The van der Waals surface area contributed by atoms with Crippen molar-refractivity contribution in [2.24, 2.45) is 0 Å². The number of carboxylic acid groups (broad SMARTS) is 1. The molecule has 0 aliphatic heterocycles. The van der Waals surface area contributed by atoms with Crippen LogP contribution in [0.1, 0.15) is 47.3 Å².